The van der Waals surface area contributed by atoms with Crippen molar-refractivity contribution in [2.24, 2.45) is 5.41 Å². The number of aliphatic hydroxyl groups excluding tert-OH is 1. The van der Waals surface area contributed by atoms with Crippen LogP contribution in [0.1, 0.15) is 25.7 Å². The van der Waals surface area contributed by atoms with Gasteiger partial charge in [-0.25, -0.2) is 4.57 Å². The molecule has 3 aliphatic rings. The van der Waals surface area contributed by atoms with Gasteiger partial charge in [-0.15, -0.1) is 0 Å². The molecule has 3 fully saturated rings. The van der Waals surface area contributed by atoms with Gasteiger partial charge < -0.3 is 5.11 Å². The second kappa shape index (κ2) is 4.52. The first-order chi connectivity index (χ1) is 7.18. The minimum Gasteiger partial charge on any atom is -0.396 e. The van der Waals surface area contributed by atoms with Gasteiger partial charge in [0.2, 0.25) is 0 Å². The highest BCUT2D eigenvalue weighted by atomic mass is 31.2. The summed E-state index contributed by atoms with van der Waals surface area (Å²) in [6.45, 7) is 1.32. The molecule has 0 atom stereocenters. The second-order valence-electron chi connectivity index (χ2n) is 4.17. The van der Waals surface area contributed by atoms with Crippen molar-refractivity contribution >= 4 is 7.82 Å². The van der Waals surface area contributed by atoms with Gasteiger partial charge in [0, 0.05) is 6.61 Å². The summed E-state index contributed by atoms with van der Waals surface area (Å²) in [4.78, 5) is 0. The van der Waals surface area contributed by atoms with Crippen LogP contribution in [0.25, 0.3) is 0 Å². The van der Waals surface area contributed by atoms with Crippen molar-refractivity contribution in [2.45, 2.75) is 25.7 Å². The van der Waals surface area contributed by atoms with Crippen LogP contribution in [0, 0.1) is 5.41 Å². The van der Waals surface area contributed by atoms with E-state index >= 15 is 0 Å². The highest BCUT2D eigenvalue weighted by Gasteiger charge is 2.39. The van der Waals surface area contributed by atoms with E-state index in [1.165, 1.54) is 0 Å². The first-order valence-corrected chi connectivity index (χ1v) is 6.79. The molecule has 0 saturated carbocycles. The quantitative estimate of drug-likeness (QED) is 0.739. The Kier molecular flexibility index (Phi) is 3.48. The lowest BCUT2D eigenvalue weighted by atomic mass is 9.76. The first-order valence-electron chi connectivity index (χ1n) is 5.33. The van der Waals surface area contributed by atoms with Crippen LogP contribution in [0.15, 0.2) is 0 Å². The van der Waals surface area contributed by atoms with E-state index in [1.54, 1.807) is 0 Å². The average molecular weight is 236 g/mol. The normalized spacial score (nSPS) is 41.9. The highest BCUT2D eigenvalue weighted by molar-refractivity contribution is 7.48. The van der Waals surface area contributed by atoms with Crippen molar-refractivity contribution in [3.05, 3.63) is 0 Å². The Morgan fingerprint density at radius 2 is 1.53 bits per heavy atom. The Labute approximate surface area is 89.3 Å². The number of fused-ring (bicyclic) bond motifs is 6. The van der Waals surface area contributed by atoms with E-state index in [1.807, 2.05) is 0 Å². The molecule has 15 heavy (non-hydrogen) atoms. The van der Waals surface area contributed by atoms with E-state index in [0.717, 1.165) is 25.7 Å². The third kappa shape index (κ3) is 2.60. The van der Waals surface area contributed by atoms with E-state index in [4.69, 9.17) is 18.7 Å². The SMILES string of the molecule is O=P12OCCC(CCO)(CCO1)CCO2. The van der Waals surface area contributed by atoms with Crippen molar-refractivity contribution in [2.75, 3.05) is 26.4 Å². The Hall–Kier alpha value is 0.0700. The summed E-state index contributed by atoms with van der Waals surface area (Å²) in [5, 5.41) is 9.06. The van der Waals surface area contributed by atoms with Crippen molar-refractivity contribution in [1.29, 1.82) is 0 Å². The Bertz CT molecular complexity index is 231. The molecule has 0 aromatic heterocycles. The first kappa shape index (κ1) is 11.6. The lowest BCUT2D eigenvalue weighted by Crippen LogP contribution is -2.31. The number of hydrogen-bond acceptors (Lipinski definition) is 5. The van der Waals surface area contributed by atoms with Crippen LogP contribution < -0.4 is 0 Å². The van der Waals surface area contributed by atoms with Gasteiger partial charge in [-0.1, -0.05) is 0 Å². The predicted molar refractivity (Wildman–Crippen MR) is 53.4 cm³/mol. The molecule has 2 bridgehead atoms. The van der Waals surface area contributed by atoms with Crippen LogP contribution in [0.2, 0.25) is 0 Å². The molecule has 3 saturated heterocycles. The predicted octanol–water partition coefficient (Wildman–Crippen LogP) is 1.71. The summed E-state index contributed by atoms with van der Waals surface area (Å²) in [7, 11) is -3.26. The summed E-state index contributed by atoms with van der Waals surface area (Å²) in [5.41, 5.74) is 0.0282. The molecule has 0 spiro atoms. The third-order valence-corrected chi connectivity index (χ3v) is 4.78. The molecule has 0 aromatic carbocycles. The molecular weight excluding hydrogens is 219 g/mol. The number of aliphatic hydroxyl groups is 1. The third-order valence-electron chi connectivity index (χ3n) is 3.29. The highest BCUT2D eigenvalue weighted by Crippen LogP contribution is 2.55. The number of phosphoric acid groups is 1. The molecule has 0 amide bonds. The van der Waals surface area contributed by atoms with Crippen molar-refractivity contribution in [3.63, 3.8) is 0 Å². The maximum Gasteiger partial charge on any atom is 0.474 e. The van der Waals surface area contributed by atoms with Gasteiger partial charge in [0.05, 0.1) is 19.8 Å². The van der Waals surface area contributed by atoms with Crippen LogP contribution in [0.4, 0.5) is 0 Å². The Balaban J connectivity index is 2.12. The molecular formula is C9H17O5P. The monoisotopic (exact) mass is 236 g/mol. The molecule has 6 heteroatoms. The molecule has 5 nitrogen and oxygen atoms in total. The van der Waals surface area contributed by atoms with E-state index in [-0.39, 0.29) is 12.0 Å². The Morgan fingerprint density at radius 3 is 1.93 bits per heavy atom. The summed E-state index contributed by atoms with van der Waals surface area (Å²) >= 11 is 0. The minimum absolute atomic E-state index is 0.0282. The lowest BCUT2D eigenvalue weighted by Gasteiger charge is -2.38. The fourth-order valence-electron chi connectivity index (χ4n) is 2.22. The minimum atomic E-state index is -3.26. The van der Waals surface area contributed by atoms with E-state index in [9.17, 15) is 4.57 Å². The van der Waals surface area contributed by atoms with E-state index in [0.29, 0.717) is 19.8 Å². The van der Waals surface area contributed by atoms with Gasteiger partial charge in [-0.2, -0.15) is 0 Å². The molecule has 0 unspecified atom stereocenters. The van der Waals surface area contributed by atoms with Gasteiger partial charge in [0.15, 0.2) is 0 Å². The summed E-state index contributed by atoms with van der Waals surface area (Å²) < 4.78 is 27.2. The molecule has 1 N–H and O–H groups in total. The van der Waals surface area contributed by atoms with E-state index in [2.05, 4.69) is 0 Å². The van der Waals surface area contributed by atoms with Gasteiger partial charge >= 0.3 is 7.82 Å². The topological polar surface area (TPSA) is 65.0 Å². The molecule has 0 radical (unpaired) electrons. The average Bonchev–Trinajstić information content (AvgIpc) is 2.11. The van der Waals surface area contributed by atoms with Gasteiger partial charge in [0.25, 0.3) is 0 Å². The zero-order valence-electron chi connectivity index (χ0n) is 8.68. The van der Waals surface area contributed by atoms with Gasteiger partial charge in [-0.3, -0.25) is 13.6 Å². The summed E-state index contributed by atoms with van der Waals surface area (Å²) in [6, 6.07) is 0. The van der Waals surface area contributed by atoms with E-state index < -0.39 is 7.82 Å². The van der Waals surface area contributed by atoms with Crippen LogP contribution in [0.5, 0.6) is 0 Å². The van der Waals surface area contributed by atoms with Gasteiger partial charge in [0.1, 0.15) is 0 Å². The lowest BCUT2D eigenvalue weighted by molar-refractivity contribution is 0.00190. The largest absolute Gasteiger partial charge is 0.474 e. The fraction of sp³-hybridized carbons (Fsp3) is 1.00. The Morgan fingerprint density at radius 1 is 1.07 bits per heavy atom. The fourth-order valence-corrected chi connectivity index (χ4v) is 3.39. The molecule has 3 rings (SSSR count). The smallest absolute Gasteiger partial charge is 0.396 e. The molecule has 88 valence electrons. The van der Waals surface area contributed by atoms with Crippen LogP contribution in [-0.2, 0) is 18.1 Å². The second-order valence-corrected chi connectivity index (χ2v) is 5.84. The molecule has 0 aromatic rings. The van der Waals surface area contributed by atoms with Crippen LogP contribution in [-0.4, -0.2) is 31.5 Å². The van der Waals surface area contributed by atoms with Crippen LogP contribution in [0.3, 0.4) is 0 Å². The maximum atomic E-state index is 11.8. The number of hydrogen-bond donors (Lipinski definition) is 1. The number of rotatable bonds is 2. The zero-order valence-corrected chi connectivity index (χ0v) is 9.58. The summed E-state index contributed by atoms with van der Waals surface area (Å²) in [5.74, 6) is 0. The van der Waals surface area contributed by atoms with Crippen molar-refractivity contribution in [1.82, 2.24) is 0 Å². The van der Waals surface area contributed by atoms with Crippen LogP contribution >= 0.6 is 7.82 Å². The van der Waals surface area contributed by atoms with Crippen molar-refractivity contribution < 1.29 is 23.2 Å². The van der Waals surface area contributed by atoms with Gasteiger partial charge in [-0.05, 0) is 31.1 Å². The van der Waals surface area contributed by atoms with Crippen molar-refractivity contribution in [3.8, 4) is 0 Å². The zero-order chi connectivity index (χ0) is 10.8. The molecule has 3 heterocycles. The number of phosphoric ester groups is 1. The molecule has 0 aliphatic carbocycles. The standard InChI is InChI=1S/C9H17O5P/c10-5-1-9-2-6-12-15(11,13-7-3-9)14-8-4-9/h10H,1-8H2. The molecule has 3 aliphatic heterocycles. The maximum absolute atomic E-state index is 11.8. The summed E-state index contributed by atoms with van der Waals surface area (Å²) in [6.07, 6.45) is 3.20.